The molecule has 0 saturated carbocycles. The molecule has 8 heteroatoms. The van der Waals surface area contributed by atoms with E-state index in [-0.39, 0.29) is 16.9 Å². The monoisotopic (exact) mass is 356 g/mol. The van der Waals surface area contributed by atoms with Gasteiger partial charge in [-0.15, -0.1) is 0 Å². The van der Waals surface area contributed by atoms with Crippen LogP contribution in [-0.4, -0.2) is 10.8 Å². The van der Waals surface area contributed by atoms with Gasteiger partial charge in [-0.25, -0.2) is 0 Å². The maximum atomic E-state index is 12.1. The van der Waals surface area contributed by atoms with Crippen LogP contribution in [0.25, 0.3) is 0 Å². The number of rotatable bonds is 6. The minimum Gasteiger partial charge on any atom is -0.386 e. The molecular weight excluding hydrogens is 344 g/mol. The Balaban J connectivity index is 2.02. The minimum atomic E-state index is -0.665. The number of nitrogens with one attached hydrogen (secondary N) is 2. The number of nitrogens with zero attached hydrogens (tertiary/aromatic N) is 2. The smallest absolute Gasteiger partial charge is 0.271 e. The molecule has 2 aromatic carbocycles. The molecule has 0 aromatic heterocycles. The van der Waals surface area contributed by atoms with Gasteiger partial charge in [0.25, 0.3) is 11.6 Å². The van der Waals surface area contributed by atoms with Crippen LogP contribution in [0.4, 0.5) is 11.4 Å². The number of nitro benzene ring substituents is 1. The molecule has 2 aromatic rings. The van der Waals surface area contributed by atoms with Crippen LogP contribution in [0, 0.1) is 21.4 Å². The van der Waals surface area contributed by atoms with E-state index in [9.17, 15) is 14.9 Å². The highest BCUT2D eigenvalue weighted by molar-refractivity contribution is 6.30. The fraction of sp³-hybridized carbons (Fsp3) is 0.0588. The summed E-state index contributed by atoms with van der Waals surface area (Å²) in [5, 5.41) is 25.8. The van der Waals surface area contributed by atoms with E-state index in [0.29, 0.717) is 11.6 Å². The molecule has 0 atom stereocenters. The number of non-ortho nitro benzene ring substituents is 1. The zero-order chi connectivity index (χ0) is 18.2. The fourth-order valence-electron chi connectivity index (χ4n) is 1.96. The standard InChI is InChI=1S/C17H13ClN4O3/c18-14-4-1-3-12(7-14)10-20-11-13(9-19)17(23)21-15-5-2-6-16(8-15)22(24)25/h1-8,11,20H,10H2,(H,21,23)/b13-11-. The highest BCUT2D eigenvalue weighted by Crippen LogP contribution is 2.17. The van der Waals surface area contributed by atoms with Crippen LogP contribution in [0.3, 0.4) is 0 Å². The molecule has 0 heterocycles. The molecule has 0 radical (unpaired) electrons. The average Bonchev–Trinajstić information content (AvgIpc) is 2.59. The number of amides is 1. The van der Waals surface area contributed by atoms with Crippen molar-refractivity contribution in [1.82, 2.24) is 5.32 Å². The molecular formula is C17H13ClN4O3. The first-order valence-corrected chi connectivity index (χ1v) is 7.51. The van der Waals surface area contributed by atoms with E-state index >= 15 is 0 Å². The molecule has 0 saturated heterocycles. The number of carbonyl (C=O) groups excluding carboxylic acids is 1. The van der Waals surface area contributed by atoms with Crippen LogP contribution < -0.4 is 10.6 Å². The lowest BCUT2D eigenvalue weighted by Gasteiger charge is -2.05. The van der Waals surface area contributed by atoms with E-state index in [1.807, 2.05) is 6.07 Å². The number of nitro groups is 1. The topological polar surface area (TPSA) is 108 Å². The molecule has 0 bridgehead atoms. The van der Waals surface area contributed by atoms with Crippen LogP contribution in [-0.2, 0) is 11.3 Å². The second-order valence-corrected chi connectivity index (χ2v) is 5.38. The van der Waals surface area contributed by atoms with Gasteiger partial charge in [0.05, 0.1) is 4.92 Å². The molecule has 0 fully saturated rings. The summed E-state index contributed by atoms with van der Waals surface area (Å²) in [4.78, 5) is 22.3. The molecule has 126 valence electrons. The number of halogens is 1. The zero-order valence-corrected chi connectivity index (χ0v) is 13.7. The van der Waals surface area contributed by atoms with Crippen molar-refractivity contribution in [2.45, 2.75) is 6.54 Å². The second-order valence-electron chi connectivity index (χ2n) is 4.94. The minimum absolute atomic E-state index is 0.153. The maximum absolute atomic E-state index is 12.1. The lowest BCUT2D eigenvalue weighted by Crippen LogP contribution is -2.16. The lowest BCUT2D eigenvalue weighted by atomic mass is 10.2. The normalized spacial score (nSPS) is 10.6. The molecule has 0 unspecified atom stereocenters. The van der Waals surface area contributed by atoms with Crippen LogP contribution in [0.15, 0.2) is 60.3 Å². The van der Waals surface area contributed by atoms with Crippen molar-refractivity contribution in [1.29, 1.82) is 5.26 Å². The maximum Gasteiger partial charge on any atom is 0.271 e. The first kappa shape index (κ1) is 18.0. The van der Waals surface area contributed by atoms with E-state index < -0.39 is 10.8 Å². The molecule has 0 aliphatic carbocycles. The number of hydrogen-bond donors (Lipinski definition) is 2. The van der Waals surface area contributed by atoms with Gasteiger partial charge in [0.15, 0.2) is 0 Å². The Kier molecular flexibility index (Phi) is 6.09. The van der Waals surface area contributed by atoms with E-state index in [1.54, 1.807) is 24.3 Å². The van der Waals surface area contributed by atoms with Crippen molar-refractivity contribution in [3.05, 3.63) is 81.0 Å². The van der Waals surface area contributed by atoms with Crippen LogP contribution >= 0.6 is 11.6 Å². The van der Waals surface area contributed by atoms with Gasteiger partial charge >= 0.3 is 0 Å². The summed E-state index contributed by atoms with van der Waals surface area (Å²) in [6.07, 6.45) is 1.29. The molecule has 0 aliphatic rings. The third kappa shape index (κ3) is 5.34. The highest BCUT2D eigenvalue weighted by Gasteiger charge is 2.11. The fourth-order valence-corrected chi connectivity index (χ4v) is 2.18. The molecule has 7 nitrogen and oxygen atoms in total. The van der Waals surface area contributed by atoms with Crippen molar-refractivity contribution in [2.24, 2.45) is 0 Å². The Bertz CT molecular complexity index is 874. The summed E-state index contributed by atoms with van der Waals surface area (Å²) in [7, 11) is 0. The van der Waals surface area contributed by atoms with Crippen LogP contribution in [0.5, 0.6) is 0 Å². The summed E-state index contributed by atoms with van der Waals surface area (Å²) in [5.41, 5.74) is 0.809. The first-order valence-electron chi connectivity index (χ1n) is 7.13. The molecule has 25 heavy (non-hydrogen) atoms. The molecule has 0 spiro atoms. The quantitative estimate of drug-likeness (QED) is 0.357. The largest absolute Gasteiger partial charge is 0.386 e. The number of benzene rings is 2. The third-order valence-corrected chi connectivity index (χ3v) is 3.36. The summed E-state index contributed by atoms with van der Waals surface area (Å²) in [6, 6.07) is 14.4. The SMILES string of the molecule is N#C/C(=C/NCc1cccc(Cl)c1)C(=O)Nc1cccc([N+](=O)[O-])c1. The summed E-state index contributed by atoms with van der Waals surface area (Å²) < 4.78 is 0. The summed E-state index contributed by atoms with van der Waals surface area (Å²) >= 11 is 5.88. The predicted molar refractivity (Wildman–Crippen MR) is 93.7 cm³/mol. The Morgan fingerprint density at radius 1 is 1.28 bits per heavy atom. The van der Waals surface area contributed by atoms with Gasteiger partial charge in [-0.05, 0) is 23.8 Å². The van der Waals surface area contributed by atoms with Gasteiger partial charge in [-0.3, -0.25) is 14.9 Å². The third-order valence-electron chi connectivity index (χ3n) is 3.12. The Morgan fingerprint density at radius 3 is 2.72 bits per heavy atom. The van der Waals surface area contributed by atoms with Crippen LogP contribution in [0.1, 0.15) is 5.56 Å². The van der Waals surface area contributed by atoms with Crippen molar-refractivity contribution < 1.29 is 9.72 Å². The molecule has 2 N–H and O–H groups in total. The number of carbonyl (C=O) groups is 1. The molecule has 2 rings (SSSR count). The highest BCUT2D eigenvalue weighted by atomic mass is 35.5. The Morgan fingerprint density at radius 2 is 2.04 bits per heavy atom. The number of anilines is 1. The van der Waals surface area contributed by atoms with Crippen molar-refractivity contribution in [3.63, 3.8) is 0 Å². The summed E-state index contributed by atoms with van der Waals surface area (Å²) in [6.45, 7) is 0.385. The Hall–Kier alpha value is -3.37. The van der Waals surface area contributed by atoms with Gasteiger partial charge in [-0.2, -0.15) is 5.26 Å². The lowest BCUT2D eigenvalue weighted by molar-refractivity contribution is -0.384. The van der Waals surface area contributed by atoms with Crippen molar-refractivity contribution in [3.8, 4) is 6.07 Å². The molecule has 1 amide bonds. The van der Waals surface area contributed by atoms with Crippen molar-refractivity contribution >= 4 is 28.9 Å². The number of hydrogen-bond acceptors (Lipinski definition) is 5. The van der Waals surface area contributed by atoms with E-state index in [1.165, 1.54) is 30.5 Å². The zero-order valence-electron chi connectivity index (χ0n) is 12.9. The molecule has 0 aliphatic heterocycles. The second kappa shape index (κ2) is 8.47. The van der Waals surface area contributed by atoms with E-state index in [2.05, 4.69) is 10.6 Å². The van der Waals surface area contributed by atoms with E-state index in [0.717, 1.165) is 5.56 Å². The van der Waals surface area contributed by atoms with E-state index in [4.69, 9.17) is 16.9 Å². The van der Waals surface area contributed by atoms with Crippen LogP contribution in [0.2, 0.25) is 5.02 Å². The number of nitriles is 1. The van der Waals surface area contributed by atoms with Gasteiger partial charge in [0, 0.05) is 35.6 Å². The van der Waals surface area contributed by atoms with Gasteiger partial charge in [-0.1, -0.05) is 29.8 Å². The van der Waals surface area contributed by atoms with Gasteiger partial charge in [0.1, 0.15) is 11.6 Å². The predicted octanol–water partition coefficient (Wildman–Crippen LogP) is 3.38. The Labute approximate surface area is 148 Å². The average molecular weight is 357 g/mol. The van der Waals surface area contributed by atoms with Gasteiger partial charge < -0.3 is 10.6 Å². The van der Waals surface area contributed by atoms with Crippen molar-refractivity contribution in [2.75, 3.05) is 5.32 Å². The van der Waals surface area contributed by atoms with Gasteiger partial charge in [0.2, 0.25) is 0 Å². The first-order chi connectivity index (χ1) is 12.0. The summed E-state index contributed by atoms with van der Waals surface area (Å²) in [5.74, 6) is -0.665.